The van der Waals surface area contributed by atoms with Crippen molar-refractivity contribution in [2.24, 2.45) is 5.92 Å². The van der Waals surface area contributed by atoms with E-state index in [1.807, 2.05) is 38.1 Å². The van der Waals surface area contributed by atoms with Gasteiger partial charge in [-0.15, -0.1) is 0 Å². The number of nitrogens with one attached hydrogen (secondary N) is 2. The summed E-state index contributed by atoms with van der Waals surface area (Å²) in [5, 5.41) is 5.84. The summed E-state index contributed by atoms with van der Waals surface area (Å²) in [5.74, 6) is -0.214. The first-order valence-corrected chi connectivity index (χ1v) is 9.45. The Bertz CT molecular complexity index is 701. The van der Waals surface area contributed by atoms with Gasteiger partial charge in [0.25, 0.3) is 5.91 Å². The molecule has 0 unspecified atom stereocenters. The minimum atomic E-state index is -0.476. The van der Waals surface area contributed by atoms with Gasteiger partial charge in [-0.1, -0.05) is 39.3 Å². The molecule has 2 saturated heterocycles. The lowest BCUT2D eigenvalue weighted by Gasteiger charge is -2.36. The normalized spacial score (nSPS) is 26.3. The molecule has 3 rings (SSSR count). The number of benzene rings is 1. The van der Waals surface area contributed by atoms with Crippen molar-refractivity contribution in [3.8, 4) is 0 Å². The number of aryl methyl sites for hydroxylation is 1. The fourth-order valence-corrected chi connectivity index (χ4v) is 3.70. The molecule has 2 N–H and O–H groups in total. The number of hydrogen-bond acceptors (Lipinski definition) is 3. The summed E-state index contributed by atoms with van der Waals surface area (Å²) in [5.41, 5.74) is 1.78. The Hall–Kier alpha value is -2.37. The van der Waals surface area contributed by atoms with Gasteiger partial charge in [-0.25, -0.2) is 0 Å². The van der Waals surface area contributed by atoms with Crippen LogP contribution in [0.15, 0.2) is 24.3 Å². The summed E-state index contributed by atoms with van der Waals surface area (Å²) in [6.07, 6.45) is 2.21. The van der Waals surface area contributed by atoms with Gasteiger partial charge in [0, 0.05) is 18.2 Å². The summed E-state index contributed by atoms with van der Waals surface area (Å²) in [4.78, 5) is 39.2. The summed E-state index contributed by atoms with van der Waals surface area (Å²) < 4.78 is 0. The number of hydrogen-bond donors (Lipinski definition) is 2. The number of piperazine rings is 1. The second kappa shape index (κ2) is 7.48. The molecule has 2 aliphatic rings. The average molecular weight is 357 g/mol. The molecule has 0 spiro atoms. The smallest absolute Gasteiger partial charge is 0.251 e. The summed E-state index contributed by atoms with van der Waals surface area (Å²) >= 11 is 0. The highest BCUT2D eigenvalue weighted by Gasteiger charge is 2.47. The van der Waals surface area contributed by atoms with E-state index in [1.165, 1.54) is 5.56 Å². The second-order valence-corrected chi connectivity index (χ2v) is 7.33. The lowest BCUT2D eigenvalue weighted by Crippen LogP contribution is -2.62. The summed E-state index contributed by atoms with van der Waals surface area (Å²) in [6, 6.07) is 6.38. The van der Waals surface area contributed by atoms with Gasteiger partial charge in [0.15, 0.2) is 0 Å². The molecule has 0 saturated carbocycles. The standard InChI is InChI=1S/C20H27N3O3/c1-4-12(3)17-20(26)23-11-15(10-16(23)19(25)22-17)21-18(24)14-8-6-13(5-2)7-9-14/h6-9,12,15-17H,4-5,10-11H2,1-3H3,(H,21,24)(H,22,25)/t12-,15-,16-,17-/m0/s1. The fraction of sp³-hybridized carbons (Fsp3) is 0.550. The molecule has 2 heterocycles. The van der Waals surface area contributed by atoms with Crippen LogP contribution in [0.25, 0.3) is 0 Å². The van der Waals surface area contributed by atoms with E-state index in [-0.39, 0.29) is 29.7 Å². The zero-order chi connectivity index (χ0) is 18.8. The van der Waals surface area contributed by atoms with Gasteiger partial charge in [0.2, 0.25) is 11.8 Å². The Morgan fingerprint density at radius 1 is 1.27 bits per heavy atom. The Morgan fingerprint density at radius 2 is 1.96 bits per heavy atom. The van der Waals surface area contributed by atoms with E-state index in [2.05, 4.69) is 17.6 Å². The number of carbonyl (C=O) groups is 3. The van der Waals surface area contributed by atoms with Crippen LogP contribution in [0.1, 0.15) is 49.5 Å². The van der Waals surface area contributed by atoms with Gasteiger partial charge < -0.3 is 15.5 Å². The van der Waals surface area contributed by atoms with Crippen molar-refractivity contribution < 1.29 is 14.4 Å². The maximum atomic E-state index is 12.7. The molecular weight excluding hydrogens is 330 g/mol. The van der Waals surface area contributed by atoms with Crippen molar-refractivity contribution in [2.45, 2.75) is 58.2 Å². The molecule has 2 aliphatic heterocycles. The molecule has 4 atom stereocenters. The van der Waals surface area contributed by atoms with Crippen LogP contribution in [0.2, 0.25) is 0 Å². The Labute approximate surface area is 154 Å². The second-order valence-electron chi connectivity index (χ2n) is 7.33. The van der Waals surface area contributed by atoms with Crippen molar-refractivity contribution in [3.05, 3.63) is 35.4 Å². The van der Waals surface area contributed by atoms with Crippen molar-refractivity contribution in [1.29, 1.82) is 0 Å². The third kappa shape index (κ3) is 3.45. The lowest BCUT2D eigenvalue weighted by atomic mass is 9.95. The van der Waals surface area contributed by atoms with Gasteiger partial charge in [0.1, 0.15) is 12.1 Å². The van der Waals surface area contributed by atoms with E-state index < -0.39 is 12.1 Å². The number of fused-ring (bicyclic) bond motifs is 1. The topological polar surface area (TPSA) is 78.5 Å². The fourth-order valence-electron chi connectivity index (χ4n) is 3.70. The number of carbonyl (C=O) groups excluding carboxylic acids is 3. The van der Waals surface area contributed by atoms with Crippen molar-refractivity contribution in [2.75, 3.05) is 6.54 Å². The monoisotopic (exact) mass is 357 g/mol. The van der Waals surface area contributed by atoms with E-state index in [0.29, 0.717) is 18.5 Å². The van der Waals surface area contributed by atoms with Crippen molar-refractivity contribution in [3.63, 3.8) is 0 Å². The van der Waals surface area contributed by atoms with Crippen LogP contribution in [0, 0.1) is 5.92 Å². The van der Waals surface area contributed by atoms with Crippen LogP contribution >= 0.6 is 0 Å². The maximum absolute atomic E-state index is 12.7. The summed E-state index contributed by atoms with van der Waals surface area (Å²) in [6.45, 7) is 6.44. The molecule has 3 amide bonds. The first-order valence-electron chi connectivity index (χ1n) is 9.45. The zero-order valence-corrected chi connectivity index (χ0v) is 15.6. The van der Waals surface area contributed by atoms with Gasteiger partial charge in [-0.05, 0) is 36.5 Å². The molecule has 0 aromatic heterocycles. The van der Waals surface area contributed by atoms with E-state index in [0.717, 1.165) is 12.8 Å². The highest BCUT2D eigenvalue weighted by Crippen LogP contribution is 2.26. The SMILES string of the molecule is CCc1ccc(C(=O)N[C@H]2C[C@H]3C(=O)N[C@@H]([C@@H](C)CC)C(=O)N3C2)cc1. The molecule has 6 heteroatoms. The van der Waals surface area contributed by atoms with E-state index >= 15 is 0 Å². The predicted octanol–water partition coefficient (Wildman–Crippen LogP) is 1.49. The first kappa shape index (κ1) is 18.4. The molecule has 140 valence electrons. The van der Waals surface area contributed by atoms with E-state index in [1.54, 1.807) is 4.90 Å². The number of amides is 3. The molecule has 26 heavy (non-hydrogen) atoms. The molecule has 0 bridgehead atoms. The zero-order valence-electron chi connectivity index (χ0n) is 15.6. The number of rotatable bonds is 5. The molecule has 1 aromatic rings. The van der Waals surface area contributed by atoms with Crippen LogP contribution in [0.4, 0.5) is 0 Å². The minimum Gasteiger partial charge on any atom is -0.347 e. The third-order valence-corrected chi connectivity index (χ3v) is 5.62. The average Bonchev–Trinajstić information content (AvgIpc) is 3.08. The highest BCUT2D eigenvalue weighted by atomic mass is 16.2. The molecule has 2 fully saturated rings. The predicted molar refractivity (Wildman–Crippen MR) is 98.6 cm³/mol. The van der Waals surface area contributed by atoms with E-state index in [9.17, 15) is 14.4 Å². The Morgan fingerprint density at radius 3 is 2.58 bits per heavy atom. The summed E-state index contributed by atoms with van der Waals surface area (Å²) in [7, 11) is 0. The van der Waals surface area contributed by atoms with E-state index in [4.69, 9.17) is 0 Å². The highest BCUT2D eigenvalue weighted by molar-refractivity contribution is 5.98. The molecule has 0 radical (unpaired) electrons. The quantitative estimate of drug-likeness (QED) is 0.838. The van der Waals surface area contributed by atoms with Crippen LogP contribution < -0.4 is 10.6 Å². The van der Waals surface area contributed by atoms with Gasteiger partial charge in [-0.3, -0.25) is 14.4 Å². The lowest BCUT2D eigenvalue weighted by molar-refractivity contribution is -0.148. The largest absolute Gasteiger partial charge is 0.347 e. The molecule has 6 nitrogen and oxygen atoms in total. The molecule has 1 aromatic carbocycles. The molecular formula is C20H27N3O3. The van der Waals surface area contributed by atoms with Gasteiger partial charge in [0.05, 0.1) is 0 Å². The minimum absolute atomic E-state index is 0.0343. The van der Waals surface area contributed by atoms with Gasteiger partial charge >= 0.3 is 0 Å². The number of nitrogens with zero attached hydrogens (tertiary/aromatic N) is 1. The van der Waals surface area contributed by atoms with Gasteiger partial charge in [-0.2, -0.15) is 0 Å². The maximum Gasteiger partial charge on any atom is 0.251 e. The van der Waals surface area contributed by atoms with Crippen LogP contribution in [-0.4, -0.2) is 47.3 Å². The third-order valence-electron chi connectivity index (χ3n) is 5.62. The molecule has 0 aliphatic carbocycles. The Balaban J connectivity index is 1.66. The van der Waals surface area contributed by atoms with Crippen LogP contribution in [0.3, 0.4) is 0 Å². The van der Waals surface area contributed by atoms with Crippen LogP contribution in [-0.2, 0) is 16.0 Å². The Kier molecular flexibility index (Phi) is 5.30. The van der Waals surface area contributed by atoms with Crippen molar-refractivity contribution in [1.82, 2.24) is 15.5 Å². The van der Waals surface area contributed by atoms with Crippen molar-refractivity contribution >= 4 is 17.7 Å². The first-order chi connectivity index (χ1) is 12.4. The van der Waals surface area contributed by atoms with Crippen LogP contribution in [0.5, 0.6) is 0 Å².